The van der Waals surface area contributed by atoms with Crippen LogP contribution in [0.4, 0.5) is 0 Å². The first-order chi connectivity index (χ1) is 8.33. The van der Waals surface area contributed by atoms with Crippen LogP contribution >= 0.6 is 0 Å². The molecule has 1 aliphatic rings. The van der Waals surface area contributed by atoms with Crippen molar-refractivity contribution in [3.63, 3.8) is 0 Å². The summed E-state index contributed by atoms with van der Waals surface area (Å²) in [5.41, 5.74) is 5.60. The number of ether oxygens (including phenoxy) is 1. The summed E-state index contributed by atoms with van der Waals surface area (Å²) in [5.74, 6) is 1.12. The molecule has 0 radical (unpaired) electrons. The number of hydrogen-bond acceptors (Lipinski definition) is 5. The van der Waals surface area contributed by atoms with Gasteiger partial charge in [0.2, 0.25) is 11.7 Å². The molecule has 1 aromatic heterocycles. The second-order valence-electron chi connectivity index (χ2n) is 6.34. The highest BCUT2D eigenvalue weighted by atomic mass is 16.5. The second kappa shape index (κ2) is 4.63. The second-order valence-corrected chi connectivity index (χ2v) is 6.34. The van der Waals surface area contributed by atoms with E-state index in [0.717, 1.165) is 25.9 Å². The van der Waals surface area contributed by atoms with Crippen LogP contribution in [0.5, 0.6) is 0 Å². The maximum absolute atomic E-state index is 6.12. The van der Waals surface area contributed by atoms with Crippen molar-refractivity contribution in [2.75, 3.05) is 6.61 Å². The molecule has 5 nitrogen and oxygen atoms in total. The molecule has 2 atom stereocenters. The van der Waals surface area contributed by atoms with Crippen LogP contribution in [0.1, 0.15) is 64.7 Å². The van der Waals surface area contributed by atoms with E-state index >= 15 is 0 Å². The Balaban J connectivity index is 2.20. The zero-order chi connectivity index (χ0) is 13.4. The number of nitrogens with two attached hydrogens (primary N) is 1. The highest BCUT2D eigenvalue weighted by Gasteiger charge is 2.36. The summed E-state index contributed by atoms with van der Waals surface area (Å²) < 4.78 is 11.1. The third-order valence-electron chi connectivity index (χ3n) is 3.58. The van der Waals surface area contributed by atoms with E-state index in [0.29, 0.717) is 11.7 Å². The minimum absolute atomic E-state index is 0.0991. The Kier molecular flexibility index (Phi) is 3.47. The molecule has 0 bridgehead atoms. The van der Waals surface area contributed by atoms with Crippen molar-refractivity contribution in [1.29, 1.82) is 0 Å². The summed E-state index contributed by atoms with van der Waals surface area (Å²) >= 11 is 0. The third kappa shape index (κ3) is 2.57. The number of nitrogens with zero attached hydrogens (tertiary/aromatic N) is 2. The molecule has 2 rings (SSSR count). The molecule has 0 amide bonds. The first-order valence-corrected chi connectivity index (χ1v) is 6.56. The van der Waals surface area contributed by atoms with Crippen molar-refractivity contribution >= 4 is 0 Å². The Morgan fingerprint density at radius 2 is 2.06 bits per heavy atom. The molecule has 0 saturated carbocycles. The Hall–Kier alpha value is -0.940. The maximum atomic E-state index is 6.12. The quantitative estimate of drug-likeness (QED) is 0.876. The zero-order valence-electron chi connectivity index (χ0n) is 11.7. The Morgan fingerprint density at radius 3 is 2.61 bits per heavy atom. The molecule has 1 aliphatic heterocycles. The van der Waals surface area contributed by atoms with E-state index < -0.39 is 5.60 Å². The lowest BCUT2D eigenvalue weighted by Crippen LogP contribution is -2.32. The molecule has 1 aromatic rings. The molecule has 0 spiro atoms. The van der Waals surface area contributed by atoms with Gasteiger partial charge in [-0.1, -0.05) is 25.9 Å². The number of rotatable bonds is 2. The Morgan fingerprint density at radius 1 is 1.33 bits per heavy atom. The van der Waals surface area contributed by atoms with Crippen molar-refractivity contribution in [3.8, 4) is 0 Å². The van der Waals surface area contributed by atoms with Gasteiger partial charge in [0.1, 0.15) is 5.60 Å². The van der Waals surface area contributed by atoms with Gasteiger partial charge in [0.15, 0.2) is 0 Å². The molecule has 5 heteroatoms. The van der Waals surface area contributed by atoms with E-state index in [2.05, 4.69) is 30.9 Å². The van der Waals surface area contributed by atoms with Crippen molar-refractivity contribution in [1.82, 2.24) is 10.1 Å². The molecule has 0 aliphatic carbocycles. The average Bonchev–Trinajstić information content (AvgIpc) is 2.77. The van der Waals surface area contributed by atoms with E-state index in [1.54, 1.807) is 0 Å². The van der Waals surface area contributed by atoms with Gasteiger partial charge in [-0.05, 0) is 31.6 Å². The summed E-state index contributed by atoms with van der Waals surface area (Å²) in [5, 5.41) is 4.06. The van der Waals surface area contributed by atoms with Gasteiger partial charge in [0.05, 0.1) is 6.04 Å². The van der Waals surface area contributed by atoms with Crippen molar-refractivity contribution in [2.45, 2.75) is 58.6 Å². The summed E-state index contributed by atoms with van der Waals surface area (Å²) in [6.45, 7) is 8.94. The van der Waals surface area contributed by atoms with Crippen LogP contribution in [-0.2, 0) is 10.3 Å². The molecule has 18 heavy (non-hydrogen) atoms. The highest BCUT2D eigenvalue weighted by molar-refractivity contribution is 5.04. The average molecular weight is 253 g/mol. The number of hydrogen-bond donors (Lipinski definition) is 1. The first-order valence-electron chi connectivity index (χ1n) is 6.56. The summed E-state index contributed by atoms with van der Waals surface area (Å²) in [4.78, 5) is 4.44. The minimum atomic E-state index is -0.419. The van der Waals surface area contributed by atoms with Crippen LogP contribution in [0.15, 0.2) is 4.52 Å². The predicted octanol–water partition coefficient (Wildman–Crippen LogP) is 2.53. The molecule has 102 valence electrons. The van der Waals surface area contributed by atoms with Crippen LogP contribution in [0, 0.1) is 5.41 Å². The van der Waals surface area contributed by atoms with E-state index in [1.165, 1.54) is 0 Å². The van der Waals surface area contributed by atoms with Crippen LogP contribution < -0.4 is 5.73 Å². The van der Waals surface area contributed by atoms with Crippen LogP contribution in [0.25, 0.3) is 0 Å². The lowest BCUT2D eigenvalue weighted by atomic mass is 9.87. The van der Waals surface area contributed by atoms with E-state index in [-0.39, 0.29) is 11.5 Å². The van der Waals surface area contributed by atoms with Gasteiger partial charge in [-0.2, -0.15) is 4.98 Å². The SMILES string of the molecule is CC1(c2noc([C@@H](N)C(C)(C)C)n2)CCCCO1. The largest absolute Gasteiger partial charge is 0.367 e. The van der Waals surface area contributed by atoms with Gasteiger partial charge >= 0.3 is 0 Å². The fourth-order valence-electron chi connectivity index (χ4n) is 2.06. The summed E-state index contributed by atoms with van der Waals surface area (Å²) in [6.07, 6.45) is 3.16. The molecular weight excluding hydrogens is 230 g/mol. The van der Waals surface area contributed by atoms with Gasteiger partial charge in [-0.25, -0.2) is 0 Å². The predicted molar refractivity (Wildman–Crippen MR) is 67.8 cm³/mol. The maximum Gasteiger partial charge on any atom is 0.244 e. The molecule has 1 saturated heterocycles. The van der Waals surface area contributed by atoms with Crippen LogP contribution in [0.2, 0.25) is 0 Å². The number of aromatic nitrogens is 2. The topological polar surface area (TPSA) is 74.2 Å². The van der Waals surface area contributed by atoms with E-state index in [9.17, 15) is 0 Å². The zero-order valence-corrected chi connectivity index (χ0v) is 11.7. The normalized spacial score (nSPS) is 27.2. The fraction of sp³-hybridized carbons (Fsp3) is 0.846. The smallest absolute Gasteiger partial charge is 0.244 e. The summed E-state index contributed by atoms with van der Waals surface area (Å²) in [7, 11) is 0. The fourth-order valence-corrected chi connectivity index (χ4v) is 2.06. The molecule has 1 fully saturated rings. The van der Waals surface area contributed by atoms with Crippen molar-refractivity contribution in [2.24, 2.45) is 11.1 Å². The van der Waals surface area contributed by atoms with Gasteiger partial charge in [-0.15, -0.1) is 0 Å². The minimum Gasteiger partial charge on any atom is -0.367 e. The summed E-state index contributed by atoms with van der Waals surface area (Å²) in [6, 6.07) is -0.258. The molecular formula is C13H23N3O2. The standard InChI is InChI=1S/C13H23N3O2/c1-12(2,3)9(14)10-15-11(16-18-10)13(4)7-5-6-8-17-13/h9H,5-8,14H2,1-4H3/t9-,13?/m1/s1. The lowest BCUT2D eigenvalue weighted by Gasteiger charge is -2.30. The molecule has 2 N–H and O–H groups in total. The van der Waals surface area contributed by atoms with E-state index in [4.69, 9.17) is 15.0 Å². The van der Waals surface area contributed by atoms with Crippen LogP contribution in [-0.4, -0.2) is 16.7 Å². The third-order valence-corrected chi connectivity index (χ3v) is 3.58. The molecule has 1 unspecified atom stereocenters. The van der Waals surface area contributed by atoms with E-state index in [1.807, 2.05) is 6.92 Å². The van der Waals surface area contributed by atoms with Crippen molar-refractivity contribution < 1.29 is 9.26 Å². The highest BCUT2D eigenvalue weighted by Crippen LogP contribution is 2.35. The van der Waals surface area contributed by atoms with Crippen molar-refractivity contribution in [3.05, 3.63) is 11.7 Å². The Bertz CT molecular complexity index is 403. The Labute approximate surface area is 108 Å². The van der Waals surface area contributed by atoms with Crippen LogP contribution in [0.3, 0.4) is 0 Å². The lowest BCUT2D eigenvalue weighted by molar-refractivity contribution is -0.0770. The first kappa shape index (κ1) is 13.5. The monoisotopic (exact) mass is 253 g/mol. The van der Waals surface area contributed by atoms with Gasteiger partial charge in [0.25, 0.3) is 0 Å². The van der Waals surface area contributed by atoms with Gasteiger partial charge in [-0.3, -0.25) is 0 Å². The van der Waals surface area contributed by atoms with Gasteiger partial charge in [0, 0.05) is 6.61 Å². The molecule has 0 aromatic carbocycles. The molecule has 2 heterocycles. The van der Waals surface area contributed by atoms with Gasteiger partial charge < -0.3 is 15.0 Å².